The van der Waals surface area contributed by atoms with Crippen molar-refractivity contribution in [3.63, 3.8) is 0 Å². The molecular formula is C40H70O15. The molecule has 11 atom stereocenters. The van der Waals surface area contributed by atoms with E-state index in [4.69, 9.17) is 28.4 Å². The molecule has 2 aliphatic heterocycles. The second-order valence-corrected chi connectivity index (χ2v) is 14.4. The highest BCUT2D eigenvalue weighted by molar-refractivity contribution is 5.70. The lowest BCUT2D eigenvalue weighted by molar-refractivity contribution is -0.332. The summed E-state index contributed by atoms with van der Waals surface area (Å²) in [6.07, 6.45) is 9.29. The van der Waals surface area contributed by atoms with Crippen LogP contribution in [0.25, 0.3) is 0 Å². The lowest BCUT2D eigenvalue weighted by Gasteiger charge is -2.42. The van der Waals surface area contributed by atoms with E-state index in [-0.39, 0.29) is 26.1 Å². The number of allylic oxidation sites excluding steroid dienone is 4. The van der Waals surface area contributed by atoms with Crippen molar-refractivity contribution < 1.29 is 73.8 Å². The number of hydrogen-bond donors (Lipinski definition) is 7. The Balaban J connectivity index is 1.69. The molecule has 0 saturated carbocycles. The minimum Gasteiger partial charge on any atom is -0.462 e. The van der Waals surface area contributed by atoms with Crippen LogP contribution in [0.1, 0.15) is 123 Å². The van der Waals surface area contributed by atoms with Gasteiger partial charge in [0.15, 0.2) is 18.7 Å². The third-order valence-corrected chi connectivity index (χ3v) is 9.74. The van der Waals surface area contributed by atoms with Gasteiger partial charge in [-0.05, 0) is 38.5 Å². The van der Waals surface area contributed by atoms with Crippen LogP contribution < -0.4 is 0 Å². The number of carbonyl (C=O) groups is 2. The monoisotopic (exact) mass is 790 g/mol. The second kappa shape index (κ2) is 29.2. The van der Waals surface area contributed by atoms with Gasteiger partial charge in [-0.2, -0.15) is 0 Å². The van der Waals surface area contributed by atoms with Crippen LogP contribution in [-0.4, -0.2) is 142 Å². The Morgan fingerprint density at radius 3 is 1.71 bits per heavy atom. The van der Waals surface area contributed by atoms with Crippen LogP contribution in [0.2, 0.25) is 0 Å². The lowest BCUT2D eigenvalue weighted by atomic mass is 9.98. The molecule has 11 unspecified atom stereocenters. The molecular weight excluding hydrogens is 720 g/mol. The van der Waals surface area contributed by atoms with Gasteiger partial charge in [0, 0.05) is 12.8 Å². The van der Waals surface area contributed by atoms with Gasteiger partial charge in [-0.25, -0.2) is 0 Å². The maximum absolute atomic E-state index is 12.7. The number of carbonyl (C=O) groups excluding carboxylic acids is 2. The summed E-state index contributed by atoms with van der Waals surface area (Å²) in [7, 11) is 0. The van der Waals surface area contributed by atoms with Crippen LogP contribution in [0.5, 0.6) is 0 Å². The van der Waals surface area contributed by atoms with Crippen LogP contribution >= 0.6 is 0 Å². The Kier molecular flexibility index (Phi) is 26.1. The number of rotatable bonds is 29. The van der Waals surface area contributed by atoms with E-state index in [1.54, 1.807) is 6.92 Å². The van der Waals surface area contributed by atoms with E-state index < -0.39 is 92.7 Å². The molecule has 0 aromatic carbocycles. The fraction of sp³-hybridized carbons (Fsp3) is 0.850. The van der Waals surface area contributed by atoms with Gasteiger partial charge < -0.3 is 64.2 Å². The van der Waals surface area contributed by atoms with Gasteiger partial charge in [0.25, 0.3) is 0 Å². The van der Waals surface area contributed by atoms with E-state index in [0.717, 1.165) is 38.5 Å². The van der Waals surface area contributed by atoms with Crippen molar-refractivity contribution in [1.82, 2.24) is 0 Å². The van der Waals surface area contributed by atoms with E-state index in [2.05, 4.69) is 31.2 Å². The molecule has 2 fully saturated rings. The molecule has 0 aliphatic carbocycles. The molecule has 2 saturated heterocycles. The van der Waals surface area contributed by atoms with Crippen molar-refractivity contribution in [3.8, 4) is 0 Å². The Morgan fingerprint density at radius 2 is 1.13 bits per heavy atom. The van der Waals surface area contributed by atoms with E-state index in [0.29, 0.717) is 6.42 Å². The molecule has 0 bridgehead atoms. The van der Waals surface area contributed by atoms with E-state index in [1.807, 2.05) is 0 Å². The van der Waals surface area contributed by atoms with Gasteiger partial charge >= 0.3 is 11.9 Å². The first-order valence-corrected chi connectivity index (χ1v) is 20.4. The zero-order chi connectivity index (χ0) is 40.4. The number of esters is 2. The number of aliphatic hydroxyl groups is 7. The molecule has 2 rings (SSSR count). The Labute approximate surface area is 326 Å². The minimum absolute atomic E-state index is 0.0981. The summed E-state index contributed by atoms with van der Waals surface area (Å²) in [6.45, 7) is 1.92. The zero-order valence-electron chi connectivity index (χ0n) is 32.9. The van der Waals surface area contributed by atoms with Crippen molar-refractivity contribution in [2.45, 2.75) is 191 Å². The van der Waals surface area contributed by atoms with Crippen LogP contribution in [0.15, 0.2) is 24.3 Å². The van der Waals surface area contributed by atoms with Crippen molar-refractivity contribution in [3.05, 3.63) is 24.3 Å². The summed E-state index contributed by atoms with van der Waals surface area (Å²) >= 11 is 0. The van der Waals surface area contributed by atoms with Gasteiger partial charge in [-0.3, -0.25) is 9.59 Å². The smallest absolute Gasteiger partial charge is 0.306 e. The van der Waals surface area contributed by atoms with Gasteiger partial charge in [0.05, 0.1) is 19.8 Å². The molecule has 0 aromatic rings. The molecule has 0 aromatic heterocycles. The number of unbranched alkanes of at least 4 members (excludes halogenated alkanes) is 12. The molecule has 0 spiro atoms. The summed E-state index contributed by atoms with van der Waals surface area (Å²) < 4.78 is 32.7. The first-order chi connectivity index (χ1) is 26.5. The largest absolute Gasteiger partial charge is 0.462 e. The van der Waals surface area contributed by atoms with E-state index >= 15 is 0 Å². The van der Waals surface area contributed by atoms with Crippen LogP contribution in [0.4, 0.5) is 0 Å². The molecule has 2 aliphatic rings. The van der Waals surface area contributed by atoms with Crippen molar-refractivity contribution in [2.75, 3.05) is 26.4 Å². The average molecular weight is 791 g/mol. The molecule has 15 nitrogen and oxygen atoms in total. The number of ether oxygens (including phenoxy) is 6. The Morgan fingerprint density at radius 1 is 0.600 bits per heavy atom. The Hall–Kier alpha value is -2.02. The van der Waals surface area contributed by atoms with Crippen LogP contribution in [-0.2, 0) is 38.0 Å². The maximum atomic E-state index is 12.7. The molecule has 55 heavy (non-hydrogen) atoms. The standard InChI is InChI=1S/C40H70O15/c1-3-5-6-7-8-9-10-11-12-13-14-15-16-17-18-19-20-21-22-23-32(43)53-28(25-50-31(42)4-2)26-51-39-38(49)36(47)34(45)30(55-39)27-52-40-37(48)35(46)33(44)29(24-41)54-40/h8-9,11-12,28-30,33-41,44-49H,3-7,10,13-27H2,1-2H3/b9-8-,12-11-. The Bertz CT molecular complexity index is 1070. The molecule has 2 heterocycles. The number of hydrogen-bond acceptors (Lipinski definition) is 15. The molecule has 7 N–H and O–H groups in total. The first kappa shape index (κ1) is 49.1. The van der Waals surface area contributed by atoms with Gasteiger partial charge in [0.2, 0.25) is 0 Å². The van der Waals surface area contributed by atoms with E-state index in [9.17, 15) is 45.3 Å². The van der Waals surface area contributed by atoms with Gasteiger partial charge in [-0.1, -0.05) is 95.9 Å². The molecule has 0 amide bonds. The summed E-state index contributed by atoms with van der Waals surface area (Å²) in [5.74, 6) is -1.03. The minimum atomic E-state index is -1.76. The highest BCUT2D eigenvalue weighted by Gasteiger charge is 2.47. The summed E-state index contributed by atoms with van der Waals surface area (Å²) in [5.41, 5.74) is 0. The highest BCUT2D eigenvalue weighted by atomic mass is 16.7. The molecule has 15 heteroatoms. The predicted octanol–water partition coefficient (Wildman–Crippen LogP) is 2.87. The molecule has 0 radical (unpaired) electrons. The number of aliphatic hydroxyl groups excluding tert-OH is 7. The third kappa shape index (κ3) is 19.3. The summed E-state index contributed by atoms with van der Waals surface area (Å²) in [5, 5.41) is 71.1. The normalized spacial score (nSPS) is 29.2. The van der Waals surface area contributed by atoms with E-state index in [1.165, 1.54) is 51.4 Å². The van der Waals surface area contributed by atoms with Crippen LogP contribution in [0.3, 0.4) is 0 Å². The average Bonchev–Trinajstić information content (AvgIpc) is 3.18. The second-order valence-electron chi connectivity index (χ2n) is 14.4. The fourth-order valence-electron chi connectivity index (χ4n) is 6.23. The van der Waals surface area contributed by atoms with Crippen molar-refractivity contribution in [1.29, 1.82) is 0 Å². The molecule has 320 valence electrons. The topological polar surface area (TPSA) is 231 Å². The summed E-state index contributed by atoms with van der Waals surface area (Å²) in [4.78, 5) is 24.5. The van der Waals surface area contributed by atoms with Crippen molar-refractivity contribution in [2.24, 2.45) is 0 Å². The summed E-state index contributed by atoms with van der Waals surface area (Å²) in [6, 6.07) is 0. The fourth-order valence-corrected chi connectivity index (χ4v) is 6.23. The zero-order valence-corrected chi connectivity index (χ0v) is 32.9. The quantitative estimate of drug-likeness (QED) is 0.0328. The first-order valence-electron chi connectivity index (χ1n) is 20.4. The third-order valence-electron chi connectivity index (χ3n) is 9.74. The SMILES string of the molecule is CCCCC/C=C\C/C=C\CCCCCCCCCCCC(=O)OC(COC(=O)CC)COC1OC(COC2OC(CO)C(O)C(O)C2O)C(O)C(O)C1O. The van der Waals surface area contributed by atoms with Gasteiger partial charge in [0.1, 0.15) is 55.4 Å². The lowest BCUT2D eigenvalue weighted by Crippen LogP contribution is -2.61. The predicted molar refractivity (Wildman–Crippen MR) is 201 cm³/mol. The van der Waals surface area contributed by atoms with Crippen LogP contribution in [0, 0.1) is 0 Å². The van der Waals surface area contributed by atoms with Gasteiger partial charge in [-0.15, -0.1) is 0 Å². The highest BCUT2D eigenvalue weighted by Crippen LogP contribution is 2.26. The van der Waals surface area contributed by atoms with Crippen molar-refractivity contribution >= 4 is 11.9 Å². The maximum Gasteiger partial charge on any atom is 0.306 e.